The quantitative estimate of drug-likeness (QED) is 0.857. The van der Waals surface area contributed by atoms with Gasteiger partial charge in [-0.3, -0.25) is 9.59 Å². The lowest BCUT2D eigenvalue weighted by atomic mass is 10.0. The van der Waals surface area contributed by atoms with Gasteiger partial charge in [-0.25, -0.2) is 0 Å². The highest BCUT2D eigenvalue weighted by Gasteiger charge is 2.24. The lowest BCUT2D eigenvalue weighted by molar-refractivity contribution is -0.119. The van der Waals surface area contributed by atoms with Gasteiger partial charge in [0, 0.05) is 42.4 Å². The van der Waals surface area contributed by atoms with Crippen LogP contribution in [0.3, 0.4) is 0 Å². The Bertz CT molecular complexity index is 599. The Hall–Kier alpha value is -1.24. The molecule has 24 heavy (non-hydrogen) atoms. The molecule has 5 nitrogen and oxygen atoms in total. The number of carbonyl (C=O) groups excluding carboxylic acids is 2. The number of nitrogens with zero attached hydrogens (tertiary/aromatic N) is 1. The van der Waals surface area contributed by atoms with Gasteiger partial charge in [-0.05, 0) is 37.6 Å². The number of thioether (sulfide) groups is 1. The zero-order chi connectivity index (χ0) is 16.2. The molecule has 0 bridgehead atoms. The largest absolute Gasteiger partial charge is 0.337 e. The van der Waals surface area contributed by atoms with Crippen molar-refractivity contribution in [2.75, 3.05) is 43.0 Å². The molecule has 1 unspecified atom stereocenters. The number of amides is 2. The van der Waals surface area contributed by atoms with Gasteiger partial charge in [0.2, 0.25) is 5.91 Å². The summed E-state index contributed by atoms with van der Waals surface area (Å²) in [5.41, 5.74) is 2.30. The van der Waals surface area contributed by atoms with Crippen LogP contribution in [0.1, 0.15) is 22.3 Å². The first-order valence-electron chi connectivity index (χ1n) is 8.15. The van der Waals surface area contributed by atoms with Crippen LogP contribution >= 0.6 is 24.2 Å². The summed E-state index contributed by atoms with van der Waals surface area (Å²) < 4.78 is 0. The number of rotatable bonds is 3. The minimum Gasteiger partial charge on any atom is -0.337 e. The van der Waals surface area contributed by atoms with E-state index in [0.717, 1.165) is 55.4 Å². The van der Waals surface area contributed by atoms with E-state index in [0.29, 0.717) is 5.56 Å². The molecule has 2 amide bonds. The summed E-state index contributed by atoms with van der Waals surface area (Å²) in [4.78, 5) is 26.9. The van der Waals surface area contributed by atoms with E-state index in [1.807, 2.05) is 41.8 Å². The molecule has 2 fully saturated rings. The molecule has 3 rings (SSSR count). The average Bonchev–Trinajstić information content (AvgIpc) is 3.11. The molecule has 0 spiro atoms. The summed E-state index contributed by atoms with van der Waals surface area (Å²) >= 11 is 1.88. The molecule has 7 heteroatoms. The van der Waals surface area contributed by atoms with Crippen LogP contribution < -0.4 is 10.6 Å². The number of anilines is 1. The molecule has 1 aromatic rings. The highest BCUT2D eigenvalue weighted by Crippen LogP contribution is 2.23. The first kappa shape index (κ1) is 19.1. The Morgan fingerprint density at radius 2 is 2.04 bits per heavy atom. The fourth-order valence-electron chi connectivity index (χ4n) is 3.05. The van der Waals surface area contributed by atoms with Gasteiger partial charge in [0.1, 0.15) is 0 Å². The lowest BCUT2D eigenvalue weighted by Crippen LogP contribution is -2.38. The van der Waals surface area contributed by atoms with Gasteiger partial charge in [-0.2, -0.15) is 11.8 Å². The van der Waals surface area contributed by atoms with E-state index in [4.69, 9.17) is 0 Å². The van der Waals surface area contributed by atoms with Crippen LogP contribution in [0, 0.1) is 12.8 Å². The number of benzene rings is 1. The van der Waals surface area contributed by atoms with Crippen molar-refractivity contribution < 1.29 is 9.59 Å². The van der Waals surface area contributed by atoms with Crippen molar-refractivity contribution in [1.82, 2.24) is 10.2 Å². The zero-order valence-electron chi connectivity index (χ0n) is 13.8. The Morgan fingerprint density at radius 1 is 1.29 bits per heavy atom. The number of halogens is 1. The van der Waals surface area contributed by atoms with Gasteiger partial charge < -0.3 is 15.5 Å². The second-order valence-corrected chi connectivity index (χ2v) is 7.29. The fourth-order valence-corrected chi connectivity index (χ4v) is 3.96. The summed E-state index contributed by atoms with van der Waals surface area (Å²) in [5.74, 6) is 2.12. The van der Waals surface area contributed by atoms with Crippen LogP contribution in [0.5, 0.6) is 0 Å². The summed E-state index contributed by atoms with van der Waals surface area (Å²) in [5, 5.41) is 6.20. The van der Waals surface area contributed by atoms with E-state index in [1.54, 1.807) is 0 Å². The lowest BCUT2D eigenvalue weighted by Gasteiger charge is -2.27. The van der Waals surface area contributed by atoms with E-state index in [1.165, 1.54) is 0 Å². The van der Waals surface area contributed by atoms with Gasteiger partial charge >= 0.3 is 0 Å². The fraction of sp³-hybridized carbons (Fsp3) is 0.529. The highest BCUT2D eigenvalue weighted by atomic mass is 35.5. The first-order chi connectivity index (χ1) is 11.2. The average molecular weight is 370 g/mol. The van der Waals surface area contributed by atoms with Gasteiger partial charge in [0.25, 0.3) is 5.91 Å². The summed E-state index contributed by atoms with van der Waals surface area (Å²) in [6, 6.07) is 5.58. The summed E-state index contributed by atoms with van der Waals surface area (Å²) in [7, 11) is 0. The van der Waals surface area contributed by atoms with E-state index < -0.39 is 0 Å². The minimum atomic E-state index is 0. The molecule has 2 N–H and O–H groups in total. The third-order valence-corrected chi connectivity index (χ3v) is 5.49. The predicted octanol–water partition coefficient (Wildman–Crippen LogP) is 2.15. The SMILES string of the molecule is Cc1c(NC(=O)C2CCNC2)cccc1C(=O)N1CCSCC1.Cl. The smallest absolute Gasteiger partial charge is 0.254 e. The standard InChI is InChI=1S/C17H23N3O2S.ClH/c1-12-14(17(22)20-7-9-23-10-8-20)3-2-4-15(12)19-16(21)13-5-6-18-11-13;/h2-4,13,18H,5-11H2,1H3,(H,19,21);1H. The van der Waals surface area contributed by atoms with Crippen molar-refractivity contribution in [1.29, 1.82) is 0 Å². The number of hydrogen-bond donors (Lipinski definition) is 2. The topological polar surface area (TPSA) is 61.4 Å². The zero-order valence-corrected chi connectivity index (χ0v) is 15.5. The van der Waals surface area contributed by atoms with Crippen molar-refractivity contribution in [2.45, 2.75) is 13.3 Å². The van der Waals surface area contributed by atoms with Crippen molar-refractivity contribution in [3.05, 3.63) is 29.3 Å². The highest BCUT2D eigenvalue weighted by molar-refractivity contribution is 7.99. The van der Waals surface area contributed by atoms with Crippen LogP contribution in [0.15, 0.2) is 18.2 Å². The molecule has 1 atom stereocenters. The Morgan fingerprint density at radius 3 is 2.71 bits per heavy atom. The third-order valence-electron chi connectivity index (χ3n) is 4.55. The van der Waals surface area contributed by atoms with E-state index in [9.17, 15) is 9.59 Å². The molecule has 0 radical (unpaired) electrons. The maximum absolute atomic E-state index is 12.7. The van der Waals surface area contributed by atoms with Crippen LogP contribution in [0.25, 0.3) is 0 Å². The predicted molar refractivity (Wildman–Crippen MR) is 101 cm³/mol. The first-order valence-corrected chi connectivity index (χ1v) is 9.30. The van der Waals surface area contributed by atoms with Crippen LogP contribution in [0.4, 0.5) is 5.69 Å². The number of carbonyl (C=O) groups is 2. The van der Waals surface area contributed by atoms with Crippen molar-refractivity contribution in [3.63, 3.8) is 0 Å². The van der Waals surface area contributed by atoms with Crippen LogP contribution in [-0.4, -0.2) is 54.4 Å². The maximum atomic E-state index is 12.7. The van der Waals surface area contributed by atoms with E-state index >= 15 is 0 Å². The molecule has 2 aliphatic heterocycles. The molecule has 0 aliphatic carbocycles. The molecule has 1 aromatic carbocycles. The molecule has 132 valence electrons. The van der Waals surface area contributed by atoms with Gasteiger partial charge in [-0.15, -0.1) is 12.4 Å². The summed E-state index contributed by atoms with van der Waals surface area (Å²) in [6.07, 6.45) is 0.870. The van der Waals surface area contributed by atoms with E-state index in [2.05, 4.69) is 10.6 Å². The molecule has 2 aliphatic rings. The monoisotopic (exact) mass is 369 g/mol. The Balaban J connectivity index is 0.00000208. The van der Waals surface area contributed by atoms with E-state index in [-0.39, 0.29) is 30.1 Å². The van der Waals surface area contributed by atoms with Crippen molar-refractivity contribution in [3.8, 4) is 0 Å². The van der Waals surface area contributed by atoms with Crippen molar-refractivity contribution >= 4 is 41.7 Å². The Labute approximate surface area is 153 Å². The molecule has 2 saturated heterocycles. The van der Waals surface area contributed by atoms with Gasteiger partial charge in [-0.1, -0.05) is 6.07 Å². The number of nitrogens with one attached hydrogen (secondary N) is 2. The molecule has 2 heterocycles. The maximum Gasteiger partial charge on any atom is 0.254 e. The van der Waals surface area contributed by atoms with Crippen LogP contribution in [-0.2, 0) is 4.79 Å². The minimum absolute atomic E-state index is 0. The van der Waals surface area contributed by atoms with Crippen LogP contribution in [0.2, 0.25) is 0 Å². The summed E-state index contributed by atoms with van der Waals surface area (Å²) in [6.45, 7) is 5.13. The van der Waals surface area contributed by atoms with Crippen molar-refractivity contribution in [2.24, 2.45) is 5.92 Å². The third kappa shape index (κ3) is 4.23. The molecular formula is C17H24ClN3O2S. The Kier molecular flexibility index (Phi) is 6.95. The van der Waals surface area contributed by atoms with Gasteiger partial charge in [0.05, 0.1) is 5.92 Å². The second-order valence-electron chi connectivity index (χ2n) is 6.06. The molecular weight excluding hydrogens is 346 g/mol. The number of hydrogen-bond acceptors (Lipinski definition) is 4. The molecule has 0 aromatic heterocycles. The van der Waals surface area contributed by atoms with Gasteiger partial charge in [0.15, 0.2) is 0 Å². The second kappa shape index (κ2) is 8.74. The normalized spacial score (nSPS) is 20.4. The molecule has 0 saturated carbocycles.